The summed E-state index contributed by atoms with van der Waals surface area (Å²) in [5, 5.41) is 2.86. The van der Waals surface area contributed by atoms with Crippen molar-refractivity contribution in [3.05, 3.63) is 41.5 Å². The monoisotopic (exact) mass is 336 g/mol. The zero-order valence-corrected chi connectivity index (χ0v) is 14.3. The molecule has 23 heavy (non-hydrogen) atoms. The predicted molar refractivity (Wildman–Crippen MR) is 90.8 cm³/mol. The number of nitrogens with one attached hydrogen (secondary N) is 2. The van der Waals surface area contributed by atoms with Crippen molar-refractivity contribution in [3.63, 3.8) is 0 Å². The highest BCUT2D eigenvalue weighted by Crippen LogP contribution is 2.19. The lowest BCUT2D eigenvalue weighted by atomic mass is 9.97. The van der Waals surface area contributed by atoms with Crippen LogP contribution in [0.1, 0.15) is 49.4 Å². The summed E-state index contributed by atoms with van der Waals surface area (Å²) < 4.78 is 26.4. The van der Waals surface area contributed by atoms with Gasteiger partial charge in [0.1, 0.15) is 0 Å². The molecule has 0 spiro atoms. The first-order valence-electron chi connectivity index (χ1n) is 8.09. The van der Waals surface area contributed by atoms with Crippen molar-refractivity contribution in [1.29, 1.82) is 0 Å². The van der Waals surface area contributed by atoms with Gasteiger partial charge in [-0.2, -0.15) is 0 Å². The second kappa shape index (κ2) is 8.26. The van der Waals surface area contributed by atoms with Gasteiger partial charge in [0.25, 0.3) is 5.91 Å². The fraction of sp³-hybridized carbons (Fsp3) is 0.471. The molecule has 6 heteroatoms. The van der Waals surface area contributed by atoms with Gasteiger partial charge in [0.2, 0.25) is 10.0 Å². The molecule has 0 saturated heterocycles. The Morgan fingerprint density at radius 2 is 2.09 bits per heavy atom. The van der Waals surface area contributed by atoms with Gasteiger partial charge in [-0.3, -0.25) is 4.79 Å². The predicted octanol–water partition coefficient (Wildman–Crippen LogP) is 2.61. The van der Waals surface area contributed by atoms with Gasteiger partial charge in [-0.1, -0.05) is 24.6 Å². The van der Waals surface area contributed by atoms with Crippen LogP contribution in [-0.4, -0.2) is 27.4 Å². The van der Waals surface area contributed by atoms with Crippen LogP contribution in [0.3, 0.4) is 0 Å². The molecular formula is C17H24N2O3S. The molecule has 0 unspecified atom stereocenters. The smallest absolute Gasteiger partial charge is 0.251 e. The molecule has 2 rings (SSSR count). The van der Waals surface area contributed by atoms with E-state index >= 15 is 0 Å². The molecule has 2 N–H and O–H groups in total. The van der Waals surface area contributed by atoms with Crippen LogP contribution in [0, 0.1) is 0 Å². The Morgan fingerprint density at radius 3 is 2.78 bits per heavy atom. The number of carbonyl (C=O) groups is 1. The third-order valence-corrected chi connectivity index (χ3v) is 5.40. The summed E-state index contributed by atoms with van der Waals surface area (Å²) in [6.07, 6.45) is 7.85. The zero-order valence-electron chi connectivity index (χ0n) is 13.5. The van der Waals surface area contributed by atoms with E-state index in [1.807, 2.05) is 0 Å². The number of hydrogen-bond acceptors (Lipinski definition) is 3. The fourth-order valence-electron chi connectivity index (χ4n) is 2.65. The Labute approximate surface area is 138 Å². The van der Waals surface area contributed by atoms with Crippen LogP contribution < -0.4 is 10.0 Å². The normalized spacial score (nSPS) is 15.1. The van der Waals surface area contributed by atoms with E-state index < -0.39 is 10.0 Å². The van der Waals surface area contributed by atoms with E-state index in [0.29, 0.717) is 18.7 Å². The Morgan fingerprint density at radius 1 is 1.26 bits per heavy atom. The van der Waals surface area contributed by atoms with E-state index in [2.05, 4.69) is 16.1 Å². The Kier molecular flexibility index (Phi) is 6.36. The third kappa shape index (κ3) is 5.18. The maximum Gasteiger partial charge on any atom is 0.251 e. The number of hydrogen-bond donors (Lipinski definition) is 2. The minimum atomic E-state index is -3.54. The first kappa shape index (κ1) is 17.7. The molecule has 0 aromatic heterocycles. The summed E-state index contributed by atoms with van der Waals surface area (Å²) >= 11 is 0. The molecule has 126 valence electrons. The molecule has 0 fully saturated rings. The molecule has 0 radical (unpaired) electrons. The summed E-state index contributed by atoms with van der Waals surface area (Å²) in [5.74, 6) is -0.241. The zero-order chi connectivity index (χ0) is 16.7. The Hall–Kier alpha value is -1.66. The minimum absolute atomic E-state index is 0.113. The largest absolute Gasteiger partial charge is 0.352 e. The molecule has 1 aromatic carbocycles. The highest BCUT2D eigenvalue weighted by molar-refractivity contribution is 7.89. The van der Waals surface area contributed by atoms with Crippen molar-refractivity contribution < 1.29 is 13.2 Å². The second-order valence-corrected chi connectivity index (χ2v) is 7.41. The van der Waals surface area contributed by atoms with Gasteiger partial charge >= 0.3 is 0 Å². The van der Waals surface area contributed by atoms with Crippen LogP contribution in [0.5, 0.6) is 0 Å². The lowest BCUT2D eigenvalue weighted by Gasteiger charge is -2.13. The van der Waals surface area contributed by atoms with Crippen molar-refractivity contribution >= 4 is 15.9 Å². The summed E-state index contributed by atoms with van der Waals surface area (Å²) in [6.45, 7) is 2.61. The van der Waals surface area contributed by atoms with E-state index in [-0.39, 0.29) is 10.8 Å². The summed E-state index contributed by atoms with van der Waals surface area (Å²) in [5.41, 5.74) is 1.77. The topological polar surface area (TPSA) is 75.3 Å². The van der Waals surface area contributed by atoms with Gasteiger partial charge < -0.3 is 5.32 Å². The van der Waals surface area contributed by atoms with Crippen molar-refractivity contribution in [2.24, 2.45) is 0 Å². The lowest BCUT2D eigenvalue weighted by molar-refractivity contribution is 0.0954. The van der Waals surface area contributed by atoms with Gasteiger partial charge in [0.05, 0.1) is 4.90 Å². The van der Waals surface area contributed by atoms with Crippen LogP contribution in [0.25, 0.3) is 0 Å². The number of carbonyl (C=O) groups excluding carboxylic acids is 1. The lowest BCUT2D eigenvalue weighted by Crippen LogP contribution is -2.26. The number of sulfonamides is 1. The van der Waals surface area contributed by atoms with Gasteiger partial charge in [-0.25, -0.2) is 13.1 Å². The van der Waals surface area contributed by atoms with E-state index in [4.69, 9.17) is 0 Å². The molecule has 0 atom stereocenters. The summed E-state index contributed by atoms with van der Waals surface area (Å²) in [6, 6.07) is 6.11. The third-order valence-electron chi connectivity index (χ3n) is 3.86. The van der Waals surface area contributed by atoms with Crippen molar-refractivity contribution in [2.75, 3.05) is 13.1 Å². The van der Waals surface area contributed by atoms with Gasteiger partial charge in [-0.15, -0.1) is 0 Å². The summed E-state index contributed by atoms with van der Waals surface area (Å²) in [4.78, 5) is 12.3. The minimum Gasteiger partial charge on any atom is -0.352 e. The van der Waals surface area contributed by atoms with E-state index in [0.717, 1.165) is 19.3 Å². The maximum atomic E-state index is 12.2. The molecule has 0 saturated carbocycles. The van der Waals surface area contributed by atoms with E-state index in [9.17, 15) is 13.2 Å². The SMILES string of the molecule is CCNS(=O)(=O)c1cccc(C(=O)NCCC2=CCCCC2)c1. The van der Waals surface area contributed by atoms with Gasteiger partial charge in [0.15, 0.2) is 0 Å². The molecule has 1 aromatic rings. The molecule has 0 aliphatic heterocycles. The van der Waals surface area contributed by atoms with Crippen LogP contribution in [0.4, 0.5) is 0 Å². The first-order chi connectivity index (χ1) is 11.0. The van der Waals surface area contributed by atoms with Crippen LogP contribution >= 0.6 is 0 Å². The van der Waals surface area contributed by atoms with Crippen molar-refractivity contribution in [1.82, 2.24) is 10.0 Å². The van der Waals surface area contributed by atoms with Gasteiger partial charge in [-0.05, 0) is 50.3 Å². The molecule has 1 aliphatic rings. The van der Waals surface area contributed by atoms with Crippen LogP contribution in [0.2, 0.25) is 0 Å². The summed E-state index contributed by atoms with van der Waals surface area (Å²) in [7, 11) is -3.54. The molecule has 0 bridgehead atoms. The van der Waals surface area contributed by atoms with Crippen LogP contribution in [-0.2, 0) is 10.0 Å². The average Bonchev–Trinajstić information content (AvgIpc) is 2.56. The molecule has 5 nitrogen and oxygen atoms in total. The van der Waals surface area contributed by atoms with Crippen molar-refractivity contribution in [2.45, 2.75) is 43.9 Å². The maximum absolute atomic E-state index is 12.2. The number of amides is 1. The highest BCUT2D eigenvalue weighted by Gasteiger charge is 2.15. The average molecular weight is 336 g/mol. The van der Waals surface area contributed by atoms with Gasteiger partial charge in [0, 0.05) is 18.7 Å². The standard InChI is InChI=1S/C17H24N2O3S/c1-2-19-23(21,22)16-10-6-9-15(13-16)17(20)18-12-11-14-7-4-3-5-8-14/h6-7,9-10,13,19H,2-5,8,11-12H2,1H3,(H,18,20). The Balaban J connectivity index is 1.95. The fourth-order valence-corrected chi connectivity index (χ4v) is 3.73. The Bertz CT molecular complexity index is 681. The van der Waals surface area contributed by atoms with Crippen molar-refractivity contribution in [3.8, 4) is 0 Å². The van der Waals surface area contributed by atoms with E-state index in [1.165, 1.54) is 30.5 Å². The van der Waals surface area contributed by atoms with Crippen LogP contribution in [0.15, 0.2) is 40.8 Å². The van der Waals surface area contributed by atoms with E-state index in [1.54, 1.807) is 19.1 Å². The molecule has 0 heterocycles. The first-order valence-corrected chi connectivity index (χ1v) is 9.57. The highest BCUT2D eigenvalue weighted by atomic mass is 32.2. The quantitative estimate of drug-likeness (QED) is 0.752. The number of rotatable bonds is 7. The number of benzene rings is 1. The number of allylic oxidation sites excluding steroid dienone is 1. The second-order valence-electron chi connectivity index (χ2n) is 5.64. The molecule has 1 amide bonds. The molecule has 1 aliphatic carbocycles. The molecular weight excluding hydrogens is 312 g/mol.